The van der Waals surface area contributed by atoms with Gasteiger partial charge in [0.15, 0.2) is 5.82 Å². The highest BCUT2D eigenvalue weighted by Crippen LogP contribution is 2.25. The summed E-state index contributed by atoms with van der Waals surface area (Å²) in [5.74, 6) is 0.844. The fraction of sp³-hybridized carbons (Fsp3) is 0.182. The van der Waals surface area contributed by atoms with Crippen molar-refractivity contribution in [1.82, 2.24) is 20.5 Å². The number of rotatable bonds is 4. The minimum absolute atomic E-state index is 0.0442. The molecule has 1 saturated heterocycles. The highest BCUT2D eigenvalue weighted by atomic mass is 35.5. The van der Waals surface area contributed by atoms with Crippen LogP contribution in [0.5, 0.6) is 0 Å². The first kappa shape index (κ1) is 17.8. The van der Waals surface area contributed by atoms with E-state index in [0.717, 1.165) is 47.5 Å². The summed E-state index contributed by atoms with van der Waals surface area (Å²) < 4.78 is 0. The second-order valence-corrected chi connectivity index (χ2v) is 7.77. The molecule has 0 unspecified atom stereocenters. The molecule has 146 valence electrons. The Morgan fingerprint density at radius 1 is 1.14 bits per heavy atom. The maximum atomic E-state index is 12.6. The van der Waals surface area contributed by atoms with E-state index < -0.39 is 0 Å². The number of anilines is 1. The Bertz CT molecular complexity index is 1160. The number of halogens is 1. The van der Waals surface area contributed by atoms with Gasteiger partial charge in [-0.2, -0.15) is 5.10 Å². The Balaban J connectivity index is 1.24. The van der Waals surface area contributed by atoms with Gasteiger partial charge in [-0.3, -0.25) is 9.89 Å². The van der Waals surface area contributed by atoms with Gasteiger partial charge in [0.25, 0.3) is 5.91 Å². The number of aromatic nitrogens is 3. The third-order valence-electron chi connectivity index (χ3n) is 5.38. The molecule has 2 aromatic carbocycles. The average molecular weight is 406 g/mol. The van der Waals surface area contributed by atoms with E-state index in [9.17, 15) is 4.79 Å². The second-order valence-electron chi connectivity index (χ2n) is 7.33. The van der Waals surface area contributed by atoms with Crippen molar-refractivity contribution < 1.29 is 4.79 Å². The van der Waals surface area contributed by atoms with Gasteiger partial charge in [0.2, 0.25) is 0 Å². The standard InChI is InChI=1S/C22H20ClN5O/c23-17-5-3-14(4-6-17)20-12-21(27-26-20)28-10-8-18(13-28)25-22(29)16-2-1-15-7-9-24-19(15)11-16/h1-7,9,11-12,18,24H,8,10,13H2,(H,25,29)(H,26,27)/t18-/m1/s1. The summed E-state index contributed by atoms with van der Waals surface area (Å²) in [5, 5.41) is 12.5. The summed E-state index contributed by atoms with van der Waals surface area (Å²) in [4.78, 5) is 18.0. The first-order chi connectivity index (χ1) is 14.2. The van der Waals surface area contributed by atoms with E-state index in [1.165, 1.54) is 0 Å². The first-order valence-electron chi connectivity index (χ1n) is 9.60. The number of nitrogens with zero attached hydrogens (tertiary/aromatic N) is 2. The summed E-state index contributed by atoms with van der Waals surface area (Å²) in [7, 11) is 0. The third kappa shape index (κ3) is 3.59. The molecule has 1 aliphatic heterocycles. The van der Waals surface area contributed by atoms with Gasteiger partial charge in [0.1, 0.15) is 0 Å². The molecule has 3 N–H and O–H groups in total. The quantitative estimate of drug-likeness (QED) is 0.475. The Labute approximate surface area is 172 Å². The second kappa shape index (κ2) is 7.29. The Hall–Kier alpha value is -3.25. The lowest BCUT2D eigenvalue weighted by molar-refractivity contribution is 0.0940. The molecule has 6 nitrogen and oxygen atoms in total. The molecule has 4 aromatic rings. The summed E-state index contributed by atoms with van der Waals surface area (Å²) >= 11 is 5.96. The molecule has 2 aromatic heterocycles. The van der Waals surface area contributed by atoms with E-state index >= 15 is 0 Å². The summed E-state index contributed by atoms with van der Waals surface area (Å²) in [6, 6.07) is 17.5. The van der Waals surface area contributed by atoms with Crippen molar-refractivity contribution in [2.24, 2.45) is 0 Å². The van der Waals surface area contributed by atoms with E-state index in [2.05, 4.69) is 25.4 Å². The number of carbonyl (C=O) groups excluding carboxylic acids is 1. The van der Waals surface area contributed by atoms with Crippen LogP contribution in [0.25, 0.3) is 22.2 Å². The van der Waals surface area contributed by atoms with E-state index in [1.807, 2.05) is 60.8 Å². The number of fused-ring (bicyclic) bond motifs is 1. The fourth-order valence-corrected chi connectivity index (χ4v) is 3.92. The molecule has 0 spiro atoms. The van der Waals surface area contributed by atoms with Crippen LogP contribution in [-0.2, 0) is 0 Å². The number of hydrogen-bond acceptors (Lipinski definition) is 3. The zero-order valence-corrected chi connectivity index (χ0v) is 16.4. The highest BCUT2D eigenvalue weighted by molar-refractivity contribution is 6.30. The molecule has 0 aliphatic carbocycles. The van der Waals surface area contributed by atoms with Crippen molar-refractivity contribution in [3.05, 3.63) is 71.4 Å². The van der Waals surface area contributed by atoms with E-state index in [1.54, 1.807) is 0 Å². The molecular formula is C22H20ClN5O. The molecule has 5 rings (SSSR count). The molecule has 29 heavy (non-hydrogen) atoms. The molecule has 0 saturated carbocycles. The van der Waals surface area contributed by atoms with Crippen LogP contribution in [0, 0.1) is 0 Å². The highest BCUT2D eigenvalue weighted by Gasteiger charge is 2.26. The van der Waals surface area contributed by atoms with Crippen molar-refractivity contribution >= 4 is 34.2 Å². The van der Waals surface area contributed by atoms with Gasteiger partial charge in [-0.25, -0.2) is 0 Å². The zero-order valence-electron chi connectivity index (χ0n) is 15.7. The molecule has 1 fully saturated rings. The van der Waals surface area contributed by atoms with Gasteiger partial charge in [-0.05, 0) is 47.7 Å². The monoisotopic (exact) mass is 405 g/mol. The third-order valence-corrected chi connectivity index (χ3v) is 5.64. The van der Waals surface area contributed by atoms with Crippen LogP contribution in [0.15, 0.2) is 60.8 Å². The van der Waals surface area contributed by atoms with Crippen molar-refractivity contribution in [1.29, 1.82) is 0 Å². The van der Waals surface area contributed by atoms with Crippen LogP contribution >= 0.6 is 11.6 Å². The van der Waals surface area contributed by atoms with Crippen molar-refractivity contribution in [3.8, 4) is 11.3 Å². The molecular weight excluding hydrogens is 386 g/mol. The average Bonchev–Trinajstić information content (AvgIpc) is 3.48. The van der Waals surface area contributed by atoms with Crippen LogP contribution in [-0.4, -0.2) is 40.2 Å². The lowest BCUT2D eigenvalue weighted by Crippen LogP contribution is -2.37. The number of benzene rings is 2. The lowest BCUT2D eigenvalue weighted by Gasteiger charge is -2.16. The number of H-pyrrole nitrogens is 2. The Kier molecular flexibility index (Phi) is 4.48. The van der Waals surface area contributed by atoms with E-state index in [-0.39, 0.29) is 11.9 Å². The van der Waals surface area contributed by atoms with Crippen molar-refractivity contribution in [2.45, 2.75) is 12.5 Å². The summed E-state index contributed by atoms with van der Waals surface area (Å²) in [6.07, 6.45) is 2.77. The maximum Gasteiger partial charge on any atom is 0.251 e. The SMILES string of the molecule is O=C(N[C@@H]1CCN(c2cc(-c3ccc(Cl)cc3)[nH]n2)C1)c1ccc2cc[nH]c2c1. The van der Waals surface area contributed by atoms with E-state index in [0.29, 0.717) is 10.6 Å². The predicted molar refractivity (Wildman–Crippen MR) is 115 cm³/mol. The number of amides is 1. The lowest BCUT2D eigenvalue weighted by atomic mass is 10.1. The summed E-state index contributed by atoms with van der Waals surface area (Å²) in [5.41, 5.74) is 3.63. The molecule has 1 atom stereocenters. The fourth-order valence-electron chi connectivity index (χ4n) is 3.79. The summed E-state index contributed by atoms with van der Waals surface area (Å²) in [6.45, 7) is 1.59. The van der Waals surface area contributed by atoms with Gasteiger partial charge in [0, 0.05) is 47.5 Å². The molecule has 0 radical (unpaired) electrons. The van der Waals surface area contributed by atoms with Gasteiger partial charge in [-0.15, -0.1) is 0 Å². The minimum atomic E-state index is -0.0442. The van der Waals surface area contributed by atoms with Crippen molar-refractivity contribution in [2.75, 3.05) is 18.0 Å². The van der Waals surface area contributed by atoms with Gasteiger partial charge in [0.05, 0.1) is 5.69 Å². The predicted octanol–water partition coefficient (Wildman–Crippen LogP) is 4.22. The molecule has 1 amide bonds. The zero-order chi connectivity index (χ0) is 19.8. The van der Waals surface area contributed by atoms with E-state index in [4.69, 9.17) is 11.6 Å². The smallest absolute Gasteiger partial charge is 0.251 e. The van der Waals surface area contributed by atoms with Gasteiger partial charge in [-0.1, -0.05) is 29.8 Å². The number of hydrogen-bond donors (Lipinski definition) is 3. The molecule has 1 aliphatic rings. The van der Waals surface area contributed by atoms with Crippen molar-refractivity contribution in [3.63, 3.8) is 0 Å². The van der Waals surface area contributed by atoms with Crippen LogP contribution in [0.2, 0.25) is 5.02 Å². The number of carbonyl (C=O) groups is 1. The number of aromatic amines is 2. The Morgan fingerprint density at radius 3 is 2.86 bits per heavy atom. The minimum Gasteiger partial charge on any atom is -0.361 e. The van der Waals surface area contributed by atoms with Crippen LogP contribution < -0.4 is 10.2 Å². The topological polar surface area (TPSA) is 76.8 Å². The van der Waals surface area contributed by atoms with Crippen LogP contribution in [0.4, 0.5) is 5.82 Å². The van der Waals surface area contributed by atoms with Gasteiger partial charge < -0.3 is 15.2 Å². The largest absolute Gasteiger partial charge is 0.361 e. The molecule has 3 heterocycles. The molecule has 0 bridgehead atoms. The normalized spacial score (nSPS) is 16.4. The maximum absolute atomic E-state index is 12.6. The number of nitrogens with one attached hydrogen (secondary N) is 3. The van der Waals surface area contributed by atoms with Crippen LogP contribution in [0.3, 0.4) is 0 Å². The molecule has 7 heteroatoms. The van der Waals surface area contributed by atoms with Gasteiger partial charge >= 0.3 is 0 Å². The Morgan fingerprint density at radius 2 is 2.00 bits per heavy atom. The first-order valence-corrected chi connectivity index (χ1v) is 9.98. The van der Waals surface area contributed by atoms with Crippen LogP contribution in [0.1, 0.15) is 16.8 Å².